The predicted molar refractivity (Wildman–Crippen MR) is 100.0 cm³/mol. The maximum Gasteiger partial charge on any atom is 0.221 e. The van der Waals surface area contributed by atoms with E-state index in [1.165, 1.54) is 24.0 Å². The van der Waals surface area contributed by atoms with E-state index in [1.807, 2.05) is 25.1 Å². The SMILES string of the molecule is CC(=O)Nc1ccc2c(c1)CN(CC(C)C)N2c1snc(C)c1Cl. The van der Waals surface area contributed by atoms with Crippen LogP contribution in [0.25, 0.3) is 0 Å². The van der Waals surface area contributed by atoms with Gasteiger partial charge < -0.3 is 5.32 Å². The molecule has 2 heterocycles. The maximum atomic E-state index is 11.3. The second kappa shape index (κ2) is 6.70. The van der Waals surface area contributed by atoms with Gasteiger partial charge in [0.25, 0.3) is 0 Å². The minimum Gasteiger partial charge on any atom is -0.326 e. The van der Waals surface area contributed by atoms with E-state index >= 15 is 0 Å². The summed E-state index contributed by atoms with van der Waals surface area (Å²) in [7, 11) is 0. The maximum absolute atomic E-state index is 11.3. The predicted octanol–water partition coefficient (Wildman–Crippen LogP) is 4.59. The van der Waals surface area contributed by atoms with E-state index in [-0.39, 0.29) is 5.91 Å². The Morgan fingerprint density at radius 2 is 2.21 bits per heavy atom. The van der Waals surface area contributed by atoms with Crippen LogP contribution in [0.3, 0.4) is 0 Å². The molecule has 24 heavy (non-hydrogen) atoms. The first-order valence-corrected chi connectivity index (χ1v) is 9.09. The minimum atomic E-state index is -0.0648. The van der Waals surface area contributed by atoms with Crippen molar-refractivity contribution in [3.63, 3.8) is 0 Å². The lowest BCUT2D eigenvalue weighted by Gasteiger charge is -2.30. The van der Waals surface area contributed by atoms with Crippen molar-refractivity contribution in [1.82, 2.24) is 9.38 Å². The van der Waals surface area contributed by atoms with Crippen LogP contribution in [0.5, 0.6) is 0 Å². The summed E-state index contributed by atoms with van der Waals surface area (Å²) >= 11 is 7.90. The Morgan fingerprint density at radius 1 is 1.46 bits per heavy atom. The number of aryl methyl sites for hydroxylation is 1. The minimum absolute atomic E-state index is 0.0648. The Bertz CT molecular complexity index is 774. The number of anilines is 3. The highest BCUT2D eigenvalue weighted by Gasteiger charge is 2.32. The van der Waals surface area contributed by atoms with Gasteiger partial charge in [-0.2, -0.15) is 4.37 Å². The molecule has 0 saturated carbocycles. The number of hydrogen-bond acceptors (Lipinski definition) is 5. The Kier molecular flexibility index (Phi) is 4.80. The summed E-state index contributed by atoms with van der Waals surface area (Å²) in [6, 6.07) is 5.99. The quantitative estimate of drug-likeness (QED) is 0.862. The van der Waals surface area contributed by atoms with E-state index in [1.54, 1.807) is 0 Å². The first-order chi connectivity index (χ1) is 11.4. The first kappa shape index (κ1) is 17.2. The van der Waals surface area contributed by atoms with E-state index in [0.29, 0.717) is 10.9 Å². The Hall–Kier alpha value is -1.63. The van der Waals surface area contributed by atoms with Crippen LogP contribution in [0.4, 0.5) is 16.4 Å². The van der Waals surface area contributed by atoms with Gasteiger partial charge in [-0.3, -0.25) is 9.80 Å². The van der Waals surface area contributed by atoms with Crippen LogP contribution in [0.15, 0.2) is 18.2 Å². The molecule has 1 amide bonds. The number of benzene rings is 1. The number of hydrogen-bond donors (Lipinski definition) is 1. The lowest BCUT2D eigenvalue weighted by atomic mass is 10.1. The second-order valence-electron chi connectivity index (χ2n) is 6.46. The average Bonchev–Trinajstić information content (AvgIpc) is 2.98. The van der Waals surface area contributed by atoms with Gasteiger partial charge in [0, 0.05) is 25.7 Å². The van der Waals surface area contributed by atoms with Crippen LogP contribution >= 0.6 is 23.1 Å². The molecular weight excluding hydrogens is 344 g/mol. The van der Waals surface area contributed by atoms with Gasteiger partial charge in [-0.1, -0.05) is 25.4 Å². The van der Waals surface area contributed by atoms with Crippen molar-refractivity contribution in [2.75, 3.05) is 16.9 Å². The van der Waals surface area contributed by atoms with Crippen molar-refractivity contribution in [1.29, 1.82) is 0 Å². The summed E-state index contributed by atoms with van der Waals surface area (Å²) in [5.74, 6) is 0.453. The fourth-order valence-corrected chi connectivity index (χ4v) is 4.01. The molecule has 0 atom stereocenters. The Balaban J connectivity index is 2.02. The number of nitrogens with one attached hydrogen (secondary N) is 1. The smallest absolute Gasteiger partial charge is 0.221 e. The van der Waals surface area contributed by atoms with E-state index < -0.39 is 0 Å². The van der Waals surface area contributed by atoms with E-state index in [0.717, 1.165) is 35.2 Å². The summed E-state index contributed by atoms with van der Waals surface area (Å²) < 4.78 is 4.39. The van der Waals surface area contributed by atoms with Crippen LogP contribution in [0.2, 0.25) is 5.02 Å². The van der Waals surface area contributed by atoms with E-state index in [9.17, 15) is 4.79 Å². The van der Waals surface area contributed by atoms with Crippen LogP contribution in [0.1, 0.15) is 32.0 Å². The molecule has 1 aliphatic rings. The van der Waals surface area contributed by atoms with Crippen LogP contribution in [-0.2, 0) is 11.3 Å². The Labute approximate surface area is 151 Å². The molecule has 0 unspecified atom stereocenters. The molecule has 0 bridgehead atoms. The molecule has 7 heteroatoms. The van der Waals surface area contributed by atoms with Crippen LogP contribution in [-0.4, -0.2) is 21.8 Å². The number of carbonyl (C=O) groups excluding carboxylic acids is 1. The highest BCUT2D eigenvalue weighted by molar-refractivity contribution is 7.11. The zero-order chi connectivity index (χ0) is 17.4. The van der Waals surface area contributed by atoms with Gasteiger partial charge in [0.15, 0.2) is 0 Å². The third kappa shape index (κ3) is 3.27. The third-order valence-corrected chi connectivity index (χ3v) is 5.29. The average molecular weight is 365 g/mol. The summed E-state index contributed by atoms with van der Waals surface area (Å²) in [6.45, 7) is 9.54. The topological polar surface area (TPSA) is 48.5 Å². The van der Waals surface area contributed by atoms with Gasteiger partial charge in [-0.05, 0) is 48.1 Å². The van der Waals surface area contributed by atoms with Gasteiger partial charge in [-0.15, -0.1) is 0 Å². The van der Waals surface area contributed by atoms with Crippen molar-refractivity contribution in [3.8, 4) is 0 Å². The van der Waals surface area contributed by atoms with Gasteiger partial charge >= 0.3 is 0 Å². The number of rotatable bonds is 4. The summed E-state index contributed by atoms with van der Waals surface area (Å²) in [5, 5.41) is 8.95. The molecule has 1 N–H and O–H groups in total. The first-order valence-electron chi connectivity index (χ1n) is 7.94. The lowest BCUT2D eigenvalue weighted by Crippen LogP contribution is -2.36. The molecule has 0 saturated heterocycles. The molecule has 0 spiro atoms. The van der Waals surface area contributed by atoms with Crippen LogP contribution < -0.4 is 10.3 Å². The largest absolute Gasteiger partial charge is 0.326 e. The van der Waals surface area contributed by atoms with E-state index in [4.69, 9.17) is 11.6 Å². The third-order valence-electron chi connectivity index (χ3n) is 3.81. The monoisotopic (exact) mass is 364 g/mol. The van der Waals surface area contributed by atoms with Gasteiger partial charge in [0.05, 0.1) is 16.4 Å². The number of nitrogens with zero attached hydrogens (tertiary/aromatic N) is 3. The molecule has 0 aliphatic carbocycles. The summed E-state index contributed by atoms with van der Waals surface area (Å²) in [5.41, 5.74) is 3.93. The fraction of sp³-hybridized carbons (Fsp3) is 0.412. The summed E-state index contributed by atoms with van der Waals surface area (Å²) in [6.07, 6.45) is 0. The van der Waals surface area contributed by atoms with E-state index in [2.05, 4.69) is 33.6 Å². The van der Waals surface area contributed by atoms with Crippen molar-refractivity contribution in [2.24, 2.45) is 5.92 Å². The van der Waals surface area contributed by atoms with Crippen molar-refractivity contribution >= 4 is 45.4 Å². The second-order valence-corrected chi connectivity index (χ2v) is 7.59. The van der Waals surface area contributed by atoms with Gasteiger partial charge in [0.1, 0.15) is 5.00 Å². The summed E-state index contributed by atoms with van der Waals surface area (Å²) in [4.78, 5) is 11.3. The normalized spacial score (nSPS) is 14.3. The number of carbonyl (C=O) groups is 1. The number of amides is 1. The number of fused-ring (bicyclic) bond motifs is 1. The number of aromatic nitrogens is 1. The zero-order valence-electron chi connectivity index (χ0n) is 14.3. The molecule has 5 nitrogen and oxygen atoms in total. The standard InChI is InChI=1S/C17H21ClN4OS/c1-10(2)8-21-9-13-7-14(19-12(4)23)5-6-15(13)22(21)17-16(18)11(3)20-24-17/h5-7,10H,8-9H2,1-4H3,(H,19,23). The molecule has 0 radical (unpaired) electrons. The Morgan fingerprint density at radius 3 is 2.79 bits per heavy atom. The number of hydrazine groups is 1. The van der Waals surface area contributed by atoms with Gasteiger partial charge in [-0.25, -0.2) is 5.01 Å². The van der Waals surface area contributed by atoms with Crippen LogP contribution in [0, 0.1) is 12.8 Å². The lowest BCUT2D eigenvalue weighted by molar-refractivity contribution is -0.114. The molecule has 1 aromatic carbocycles. The zero-order valence-corrected chi connectivity index (χ0v) is 15.8. The molecule has 1 aromatic heterocycles. The highest BCUT2D eigenvalue weighted by atomic mass is 35.5. The fourth-order valence-electron chi connectivity index (χ4n) is 2.90. The molecule has 0 fully saturated rings. The van der Waals surface area contributed by atoms with Crippen molar-refractivity contribution in [3.05, 3.63) is 34.5 Å². The molecule has 1 aliphatic heterocycles. The molecule has 2 aromatic rings. The van der Waals surface area contributed by atoms with Crippen molar-refractivity contribution < 1.29 is 4.79 Å². The molecular formula is C17H21ClN4OS. The molecule has 128 valence electrons. The van der Waals surface area contributed by atoms with Gasteiger partial charge in [0.2, 0.25) is 5.91 Å². The van der Waals surface area contributed by atoms with Crippen molar-refractivity contribution in [2.45, 2.75) is 34.2 Å². The highest BCUT2D eigenvalue weighted by Crippen LogP contribution is 2.44. The number of halogens is 1. The molecule has 3 rings (SSSR count).